The Bertz CT molecular complexity index is 440. The molecule has 2 heterocycles. The van der Waals surface area contributed by atoms with Gasteiger partial charge in [0, 0.05) is 11.7 Å². The molecule has 0 aliphatic rings. The van der Waals surface area contributed by atoms with Gasteiger partial charge < -0.3 is 5.32 Å². The van der Waals surface area contributed by atoms with Crippen LogP contribution in [0.1, 0.15) is 25.8 Å². The van der Waals surface area contributed by atoms with Gasteiger partial charge in [-0.05, 0) is 20.8 Å². The summed E-state index contributed by atoms with van der Waals surface area (Å²) in [6.07, 6.45) is 3.57. The molecule has 0 amide bonds. The summed E-state index contributed by atoms with van der Waals surface area (Å²) in [5.41, 5.74) is 1.08. The standard InChI is InChI=1S/C10H15N5S/c1-10(2,3)11-6-8-14-15-9(16-8)7-4-12-13-5-7/h4-5,11H,6H2,1-3H3,(H,12,13). The zero-order valence-corrected chi connectivity index (χ0v) is 10.4. The van der Waals surface area contributed by atoms with Crippen LogP contribution in [0.15, 0.2) is 12.4 Å². The van der Waals surface area contributed by atoms with Crippen molar-refractivity contribution in [3.63, 3.8) is 0 Å². The minimum Gasteiger partial charge on any atom is -0.306 e. The summed E-state index contributed by atoms with van der Waals surface area (Å²) in [6.45, 7) is 7.14. The van der Waals surface area contributed by atoms with Crippen LogP contribution in [-0.4, -0.2) is 25.9 Å². The third-order valence-electron chi connectivity index (χ3n) is 1.98. The first kappa shape index (κ1) is 11.2. The smallest absolute Gasteiger partial charge is 0.151 e. The Morgan fingerprint density at radius 1 is 1.38 bits per heavy atom. The van der Waals surface area contributed by atoms with E-state index in [1.165, 1.54) is 0 Å². The Balaban J connectivity index is 2.03. The van der Waals surface area contributed by atoms with Crippen LogP contribution < -0.4 is 5.32 Å². The maximum absolute atomic E-state index is 4.14. The highest BCUT2D eigenvalue weighted by Gasteiger charge is 2.12. The van der Waals surface area contributed by atoms with Gasteiger partial charge in [0.15, 0.2) is 5.01 Å². The molecule has 2 aromatic rings. The lowest BCUT2D eigenvalue weighted by Crippen LogP contribution is -2.35. The number of rotatable bonds is 3. The van der Waals surface area contributed by atoms with E-state index >= 15 is 0 Å². The van der Waals surface area contributed by atoms with Gasteiger partial charge in [-0.15, -0.1) is 10.2 Å². The average Bonchev–Trinajstić information content (AvgIpc) is 2.84. The van der Waals surface area contributed by atoms with E-state index in [2.05, 4.69) is 46.5 Å². The Labute approximate surface area is 98.3 Å². The highest BCUT2D eigenvalue weighted by molar-refractivity contribution is 7.14. The van der Waals surface area contributed by atoms with Gasteiger partial charge >= 0.3 is 0 Å². The van der Waals surface area contributed by atoms with Gasteiger partial charge in [-0.1, -0.05) is 11.3 Å². The fourth-order valence-corrected chi connectivity index (χ4v) is 1.91. The summed E-state index contributed by atoms with van der Waals surface area (Å²) in [5.74, 6) is 0. The number of hydrogen-bond donors (Lipinski definition) is 2. The van der Waals surface area contributed by atoms with E-state index in [0.29, 0.717) is 0 Å². The molecule has 0 saturated carbocycles. The SMILES string of the molecule is CC(C)(C)NCc1nnc(-c2cn[nH]c2)s1. The van der Waals surface area contributed by atoms with Crippen molar-refractivity contribution in [2.45, 2.75) is 32.9 Å². The Morgan fingerprint density at radius 3 is 2.81 bits per heavy atom. The second kappa shape index (κ2) is 4.31. The number of nitrogens with one attached hydrogen (secondary N) is 2. The summed E-state index contributed by atoms with van der Waals surface area (Å²) < 4.78 is 0. The Morgan fingerprint density at radius 2 is 2.19 bits per heavy atom. The van der Waals surface area contributed by atoms with Gasteiger partial charge in [0.25, 0.3) is 0 Å². The molecule has 0 unspecified atom stereocenters. The largest absolute Gasteiger partial charge is 0.306 e. The van der Waals surface area contributed by atoms with Crippen molar-refractivity contribution >= 4 is 11.3 Å². The van der Waals surface area contributed by atoms with Crippen LogP contribution in [0, 0.1) is 0 Å². The van der Waals surface area contributed by atoms with Crippen molar-refractivity contribution in [2.24, 2.45) is 0 Å². The molecule has 0 radical (unpaired) electrons. The number of hydrogen-bond acceptors (Lipinski definition) is 5. The molecule has 2 N–H and O–H groups in total. The lowest BCUT2D eigenvalue weighted by Gasteiger charge is -2.19. The summed E-state index contributed by atoms with van der Waals surface area (Å²) in [6, 6.07) is 0. The molecule has 0 saturated heterocycles. The van der Waals surface area contributed by atoms with Gasteiger partial charge in [0.1, 0.15) is 5.01 Å². The molecule has 16 heavy (non-hydrogen) atoms. The third kappa shape index (κ3) is 2.86. The van der Waals surface area contributed by atoms with Crippen LogP contribution in [-0.2, 0) is 6.54 Å². The van der Waals surface area contributed by atoms with E-state index in [4.69, 9.17) is 0 Å². The monoisotopic (exact) mass is 237 g/mol. The Hall–Kier alpha value is -1.27. The van der Waals surface area contributed by atoms with Crippen molar-refractivity contribution in [3.8, 4) is 10.6 Å². The van der Waals surface area contributed by atoms with Crippen LogP contribution in [0.2, 0.25) is 0 Å². The fraction of sp³-hybridized carbons (Fsp3) is 0.500. The molecule has 6 heteroatoms. The summed E-state index contributed by atoms with van der Waals surface area (Å²) in [5, 5.41) is 20.2. The maximum Gasteiger partial charge on any atom is 0.151 e. The van der Waals surface area contributed by atoms with Gasteiger partial charge in [-0.3, -0.25) is 5.10 Å². The van der Waals surface area contributed by atoms with Crippen LogP contribution in [0.4, 0.5) is 0 Å². The van der Waals surface area contributed by atoms with Crippen LogP contribution in [0.3, 0.4) is 0 Å². The maximum atomic E-state index is 4.14. The lowest BCUT2D eigenvalue weighted by atomic mass is 10.1. The molecular formula is C10H15N5S. The molecular weight excluding hydrogens is 222 g/mol. The minimum absolute atomic E-state index is 0.0987. The number of aromatic nitrogens is 4. The van der Waals surface area contributed by atoms with Crippen LogP contribution >= 0.6 is 11.3 Å². The van der Waals surface area contributed by atoms with E-state index in [9.17, 15) is 0 Å². The molecule has 2 rings (SSSR count). The van der Waals surface area contributed by atoms with E-state index in [0.717, 1.165) is 22.1 Å². The normalized spacial score (nSPS) is 11.9. The Kier molecular flexibility index (Phi) is 3.02. The van der Waals surface area contributed by atoms with Crippen molar-refractivity contribution in [1.29, 1.82) is 0 Å². The molecule has 86 valence electrons. The molecule has 0 spiro atoms. The van der Waals surface area contributed by atoms with Crippen molar-refractivity contribution in [2.75, 3.05) is 0 Å². The van der Waals surface area contributed by atoms with Gasteiger partial charge in [-0.25, -0.2) is 0 Å². The predicted molar refractivity (Wildman–Crippen MR) is 64.1 cm³/mol. The van der Waals surface area contributed by atoms with E-state index in [1.54, 1.807) is 17.5 Å². The molecule has 0 bridgehead atoms. The van der Waals surface area contributed by atoms with Crippen molar-refractivity contribution in [3.05, 3.63) is 17.4 Å². The van der Waals surface area contributed by atoms with Gasteiger partial charge in [0.05, 0.1) is 18.3 Å². The molecule has 0 aliphatic carbocycles. The topological polar surface area (TPSA) is 66.5 Å². The van der Waals surface area contributed by atoms with E-state index in [1.807, 2.05) is 6.20 Å². The molecule has 0 fully saturated rings. The van der Waals surface area contributed by atoms with Gasteiger partial charge in [-0.2, -0.15) is 5.10 Å². The highest BCUT2D eigenvalue weighted by Crippen LogP contribution is 2.22. The molecule has 2 aromatic heterocycles. The van der Waals surface area contributed by atoms with Crippen LogP contribution in [0.25, 0.3) is 10.6 Å². The summed E-state index contributed by atoms with van der Waals surface area (Å²) >= 11 is 1.59. The first-order chi connectivity index (χ1) is 7.54. The predicted octanol–water partition coefficient (Wildman–Crippen LogP) is 1.82. The van der Waals surface area contributed by atoms with Crippen molar-refractivity contribution < 1.29 is 0 Å². The number of nitrogens with zero attached hydrogens (tertiary/aromatic N) is 3. The molecule has 0 aromatic carbocycles. The first-order valence-electron chi connectivity index (χ1n) is 5.11. The fourth-order valence-electron chi connectivity index (χ4n) is 1.15. The summed E-state index contributed by atoms with van der Waals surface area (Å²) in [7, 11) is 0. The lowest BCUT2D eigenvalue weighted by molar-refractivity contribution is 0.423. The number of H-pyrrole nitrogens is 1. The second-order valence-electron chi connectivity index (χ2n) is 4.59. The third-order valence-corrected chi connectivity index (χ3v) is 2.95. The second-order valence-corrected chi connectivity index (χ2v) is 5.65. The highest BCUT2D eigenvalue weighted by atomic mass is 32.1. The first-order valence-corrected chi connectivity index (χ1v) is 5.93. The molecule has 5 nitrogen and oxygen atoms in total. The van der Waals surface area contributed by atoms with E-state index < -0.39 is 0 Å². The zero-order chi connectivity index (χ0) is 11.6. The molecule has 0 atom stereocenters. The number of aromatic amines is 1. The van der Waals surface area contributed by atoms with Crippen molar-refractivity contribution in [1.82, 2.24) is 25.7 Å². The molecule has 0 aliphatic heterocycles. The minimum atomic E-state index is 0.0987. The van der Waals surface area contributed by atoms with E-state index in [-0.39, 0.29) is 5.54 Å². The quantitative estimate of drug-likeness (QED) is 0.854. The zero-order valence-electron chi connectivity index (χ0n) is 9.61. The van der Waals surface area contributed by atoms with Gasteiger partial charge in [0.2, 0.25) is 0 Å². The van der Waals surface area contributed by atoms with Crippen LogP contribution in [0.5, 0.6) is 0 Å². The summed E-state index contributed by atoms with van der Waals surface area (Å²) in [4.78, 5) is 0. The average molecular weight is 237 g/mol.